The maximum Gasteiger partial charge on any atom is 0.225 e. The first-order valence-electron chi connectivity index (χ1n) is 8.63. The molecule has 32 heavy (non-hydrogen) atoms. The Morgan fingerprint density at radius 3 is 1.81 bits per heavy atom. The summed E-state index contributed by atoms with van der Waals surface area (Å²) in [7, 11) is -3.63. The van der Waals surface area contributed by atoms with Crippen LogP contribution in [0.25, 0.3) is 0 Å². The minimum Gasteiger partial charge on any atom is -0.248 e. The zero-order valence-electron chi connectivity index (χ0n) is 15.9. The average Bonchev–Trinajstić information content (AvgIpc) is 2.78. The molecule has 0 amide bonds. The van der Waals surface area contributed by atoms with E-state index >= 15 is 0 Å². The summed E-state index contributed by atoms with van der Waals surface area (Å²) in [5.74, 6) is 0. The van der Waals surface area contributed by atoms with Crippen LogP contribution < -0.4 is 0 Å². The standard InChI is InChI=1S/C10H6BrClN2O2S.C10H6BrClN2S/c11-7-1-4-10(14-5-7)17(15,16)8-2-3-9(12)13-6-8;11-7-1-4-10(14-5-7)15-8-2-3-9(12)13-6-8/h1-6H;1-6H. The number of pyridine rings is 4. The van der Waals surface area contributed by atoms with Crippen LogP contribution in [0.4, 0.5) is 0 Å². The van der Waals surface area contributed by atoms with E-state index in [1.54, 1.807) is 36.3 Å². The number of sulfone groups is 1. The Morgan fingerprint density at radius 2 is 1.31 bits per heavy atom. The van der Waals surface area contributed by atoms with Gasteiger partial charge in [-0.05, 0) is 80.4 Å². The van der Waals surface area contributed by atoms with Crippen LogP contribution in [-0.4, -0.2) is 28.4 Å². The first kappa shape index (κ1) is 25.1. The van der Waals surface area contributed by atoms with Crippen LogP contribution in [0, 0.1) is 0 Å². The molecule has 164 valence electrons. The Kier molecular flexibility index (Phi) is 9.04. The summed E-state index contributed by atoms with van der Waals surface area (Å²) < 4.78 is 25.9. The van der Waals surface area contributed by atoms with Crippen molar-refractivity contribution in [3.8, 4) is 0 Å². The van der Waals surface area contributed by atoms with Gasteiger partial charge in [0.15, 0.2) is 5.03 Å². The lowest BCUT2D eigenvalue weighted by Gasteiger charge is -2.03. The van der Waals surface area contributed by atoms with Gasteiger partial charge in [-0.25, -0.2) is 28.4 Å². The highest BCUT2D eigenvalue weighted by atomic mass is 79.9. The van der Waals surface area contributed by atoms with E-state index in [1.165, 1.54) is 30.6 Å². The smallest absolute Gasteiger partial charge is 0.225 e. The summed E-state index contributed by atoms with van der Waals surface area (Å²) in [6.45, 7) is 0. The van der Waals surface area contributed by atoms with E-state index in [1.807, 2.05) is 18.2 Å². The van der Waals surface area contributed by atoms with Crippen LogP contribution in [0.3, 0.4) is 0 Å². The minimum atomic E-state index is -3.63. The lowest BCUT2D eigenvalue weighted by Crippen LogP contribution is -2.04. The molecule has 4 aromatic rings. The molecule has 0 aromatic carbocycles. The Balaban J connectivity index is 0.000000182. The number of nitrogens with zero attached hydrogens (tertiary/aromatic N) is 4. The third-order valence-corrected chi connectivity index (χ3v) is 7.58. The van der Waals surface area contributed by atoms with E-state index < -0.39 is 9.84 Å². The molecule has 0 aliphatic carbocycles. The van der Waals surface area contributed by atoms with Crippen LogP contribution in [-0.2, 0) is 9.84 Å². The number of hydrogen-bond donors (Lipinski definition) is 0. The first-order valence-corrected chi connectivity index (χ1v) is 13.3. The number of rotatable bonds is 4. The van der Waals surface area contributed by atoms with Crippen molar-refractivity contribution in [2.45, 2.75) is 19.8 Å². The van der Waals surface area contributed by atoms with Gasteiger partial charge in [-0.3, -0.25) is 0 Å². The fourth-order valence-corrected chi connectivity index (χ4v) is 4.67. The molecule has 0 radical (unpaired) electrons. The molecule has 12 heteroatoms. The summed E-state index contributed by atoms with van der Waals surface area (Å²) in [5, 5.41) is 1.66. The molecule has 0 atom stereocenters. The highest BCUT2D eigenvalue weighted by Crippen LogP contribution is 2.26. The fraction of sp³-hybridized carbons (Fsp3) is 0. The third kappa shape index (κ3) is 7.23. The molecule has 4 heterocycles. The topological polar surface area (TPSA) is 85.7 Å². The predicted molar refractivity (Wildman–Crippen MR) is 132 cm³/mol. The molecular formula is C20H12Br2Cl2N4O2S2. The Hall–Kier alpha value is -1.56. The van der Waals surface area contributed by atoms with Crippen molar-refractivity contribution in [1.82, 2.24) is 19.9 Å². The van der Waals surface area contributed by atoms with Gasteiger partial charge in [0.25, 0.3) is 0 Å². The summed E-state index contributed by atoms with van der Waals surface area (Å²) in [6, 6.07) is 13.5. The summed E-state index contributed by atoms with van der Waals surface area (Å²) in [6.07, 6.45) is 6.14. The van der Waals surface area contributed by atoms with Gasteiger partial charge in [0.2, 0.25) is 9.84 Å². The maximum atomic E-state index is 12.1. The number of aromatic nitrogens is 4. The van der Waals surface area contributed by atoms with Gasteiger partial charge >= 0.3 is 0 Å². The molecule has 0 N–H and O–H groups in total. The van der Waals surface area contributed by atoms with Gasteiger partial charge in [-0.2, -0.15) is 0 Å². The van der Waals surface area contributed by atoms with Crippen molar-refractivity contribution >= 4 is 76.7 Å². The molecule has 0 spiro atoms. The third-order valence-electron chi connectivity index (χ3n) is 3.61. The van der Waals surface area contributed by atoms with Gasteiger partial charge in [-0.15, -0.1) is 0 Å². The Morgan fingerprint density at radius 1 is 0.688 bits per heavy atom. The highest BCUT2D eigenvalue weighted by Gasteiger charge is 2.19. The number of halogens is 4. The average molecular weight is 635 g/mol. The van der Waals surface area contributed by atoms with Gasteiger partial charge in [-0.1, -0.05) is 35.0 Å². The highest BCUT2D eigenvalue weighted by molar-refractivity contribution is 9.10. The van der Waals surface area contributed by atoms with Gasteiger partial charge < -0.3 is 0 Å². The molecule has 4 rings (SSSR count). The molecule has 0 aliphatic rings. The van der Waals surface area contributed by atoms with Gasteiger partial charge in [0.05, 0.1) is 4.90 Å². The van der Waals surface area contributed by atoms with Crippen LogP contribution >= 0.6 is 66.8 Å². The SMILES string of the molecule is Clc1ccc(Sc2ccc(Br)cn2)cn1.O=S(=O)(c1ccc(Cl)nc1)c1ccc(Br)cn1. The summed E-state index contributed by atoms with van der Waals surface area (Å²) in [5.41, 5.74) is 0. The van der Waals surface area contributed by atoms with E-state index in [0.29, 0.717) is 9.63 Å². The molecule has 0 saturated heterocycles. The minimum absolute atomic E-state index is 0.0233. The second-order valence-electron chi connectivity index (χ2n) is 5.87. The molecule has 0 bridgehead atoms. The van der Waals surface area contributed by atoms with E-state index in [2.05, 4.69) is 51.8 Å². The normalized spacial score (nSPS) is 10.9. The monoisotopic (exact) mass is 632 g/mol. The molecule has 4 aromatic heterocycles. The zero-order chi connectivity index (χ0) is 23.1. The fourth-order valence-electron chi connectivity index (χ4n) is 2.13. The molecular weight excluding hydrogens is 623 g/mol. The Labute approximate surface area is 216 Å². The predicted octanol–water partition coefficient (Wildman–Crippen LogP) is 6.77. The van der Waals surface area contributed by atoms with Crippen LogP contribution in [0.15, 0.2) is 102 Å². The lowest BCUT2D eigenvalue weighted by atomic mass is 10.5. The van der Waals surface area contributed by atoms with E-state index in [9.17, 15) is 8.42 Å². The van der Waals surface area contributed by atoms with Crippen molar-refractivity contribution in [2.75, 3.05) is 0 Å². The zero-order valence-corrected chi connectivity index (χ0v) is 22.2. The molecule has 0 fully saturated rings. The second kappa shape index (κ2) is 11.5. The molecule has 0 unspecified atom stereocenters. The van der Waals surface area contributed by atoms with Crippen LogP contribution in [0.2, 0.25) is 10.3 Å². The van der Waals surface area contributed by atoms with E-state index in [4.69, 9.17) is 23.2 Å². The van der Waals surface area contributed by atoms with Crippen molar-refractivity contribution in [2.24, 2.45) is 0 Å². The summed E-state index contributed by atoms with van der Waals surface area (Å²) >= 11 is 19.4. The second-order valence-corrected chi connectivity index (χ2v) is 11.5. The van der Waals surface area contributed by atoms with Crippen molar-refractivity contribution in [3.63, 3.8) is 0 Å². The van der Waals surface area contributed by atoms with E-state index in [0.717, 1.165) is 14.4 Å². The maximum absolute atomic E-state index is 12.1. The lowest BCUT2D eigenvalue weighted by molar-refractivity contribution is 0.592. The summed E-state index contributed by atoms with van der Waals surface area (Å²) in [4.78, 5) is 16.9. The number of hydrogen-bond acceptors (Lipinski definition) is 7. The van der Waals surface area contributed by atoms with Crippen molar-refractivity contribution in [1.29, 1.82) is 0 Å². The van der Waals surface area contributed by atoms with Crippen LogP contribution in [0.1, 0.15) is 0 Å². The van der Waals surface area contributed by atoms with Crippen molar-refractivity contribution in [3.05, 3.63) is 92.6 Å². The van der Waals surface area contributed by atoms with Gasteiger partial charge in [0.1, 0.15) is 15.3 Å². The van der Waals surface area contributed by atoms with Crippen molar-refractivity contribution < 1.29 is 8.42 Å². The van der Waals surface area contributed by atoms with Crippen LogP contribution in [0.5, 0.6) is 0 Å². The molecule has 0 saturated carbocycles. The quantitative estimate of drug-likeness (QED) is 0.229. The molecule has 0 aliphatic heterocycles. The first-order chi connectivity index (χ1) is 15.2. The Bertz CT molecular complexity index is 1180. The molecule has 6 nitrogen and oxygen atoms in total. The van der Waals surface area contributed by atoms with Gasteiger partial charge in [0, 0.05) is 38.6 Å². The van der Waals surface area contributed by atoms with E-state index in [-0.39, 0.29) is 15.1 Å². The largest absolute Gasteiger partial charge is 0.248 e.